The first-order valence-electron chi connectivity index (χ1n) is 9.90. The molecule has 0 radical (unpaired) electrons. The lowest BCUT2D eigenvalue weighted by Gasteiger charge is -2.28. The quantitative estimate of drug-likeness (QED) is 0.455. The molecule has 0 bridgehead atoms. The minimum Gasteiger partial charge on any atom is -0.355 e. The summed E-state index contributed by atoms with van der Waals surface area (Å²) in [6.45, 7) is 1.84. The van der Waals surface area contributed by atoms with E-state index in [1.165, 1.54) is 5.69 Å². The Morgan fingerprint density at radius 2 is 1.41 bits per heavy atom. The zero-order valence-electron chi connectivity index (χ0n) is 16.7. The van der Waals surface area contributed by atoms with Gasteiger partial charge in [0.1, 0.15) is 5.69 Å². The molecule has 0 unspecified atom stereocenters. The van der Waals surface area contributed by atoms with Crippen LogP contribution in [-0.4, -0.2) is 37.2 Å². The number of likely N-dealkylation sites (N-methyl/N-ethyl adjacent to an activating group) is 1. The molecule has 5 rings (SSSR count). The van der Waals surface area contributed by atoms with Crippen LogP contribution >= 0.6 is 0 Å². The van der Waals surface area contributed by atoms with E-state index in [-0.39, 0.29) is 0 Å². The molecule has 1 aliphatic heterocycles. The van der Waals surface area contributed by atoms with E-state index in [4.69, 9.17) is 4.52 Å². The molecule has 0 saturated carbocycles. The highest BCUT2D eigenvalue weighted by atomic mass is 16.5. The zero-order valence-corrected chi connectivity index (χ0v) is 16.7. The number of benzene rings is 3. The van der Waals surface area contributed by atoms with Gasteiger partial charge in [-0.05, 0) is 32.3 Å². The first-order chi connectivity index (χ1) is 14.2. The SMILES string of the molecule is CN(C)CCN1c2ccccc2-c2onc(-c3ccccc3)c2-c2ccccc21. The predicted molar refractivity (Wildman–Crippen MR) is 118 cm³/mol. The van der Waals surface area contributed by atoms with Gasteiger partial charge in [0.25, 0.3) is 0 Å². The van der Waals surface area contributed by atoms with Crippen molar-refractivity contribution in [2.24, 2.45) is 0 Å². The van der Waals surface area contributed by atoms with Crippen molar-refractivity contribution in [3.8, 4) is 33.7 Å². The summed E-state index contributed by atoms with van der Waals surface area (Å²) in [7, 11) is 4.22. The van der Waals surface area contributed by atoms with Crippen molar-refractivity contribution >= 4 is 11.4 Å². The van der Waals surface area contributed by atoms with Gasteiger partial charge in [0, 0.05) is 35.5 Å². The second-order valence-electron chi connectivity index (χ2n) is 7.59. The standard InChI is InChI=1S/C25H23N3O/c1-27(2)16-17-28-21-14-8-6-12-19(21)23-24(18-10-4-3-5-11-18)26-29-25(23)20-13-7-9-15-22(20)28/h3-15H,16-17H2,1-2H3. The molecule has 1 aliphatic rings. The third kappa shape index (κ3) is 3.02. The van der Waals surface area contributed by atoms with Crippen LogP contribution in [0, 0.1) is 0 Å². The normalized spacial score (nSPS) is 12.3. The number of fused-ring (bicyclic) bond motifs is 5. The topological polar surface area (TPSA) is 32.5 Å². The van der Waals surface area contributed by atoms with Crippen LogP contribution < -0.4 is 4.90 Å². The summed E-state index contributed by atoms with van der Waals surface area (Å²) in [5.41, 5.74) is 7.57. The average molecular weight is 381 g/mol. The molecule has 1 aromatic heterocycles. The Kier molecular flexibility index (Phi) is 4.41. The van der Waals surface area contributed by atoms with Gasteiger partial charge in [0.15, 0.2) is 5.76 Å². The van der Waals surface area contributed by atoms with E-state index in [0.717, 1.165) is 52.5 Å². The van der Waals surface area contributed by atoms with E-state index in [9.17, 15) is 0 Å². The molecule has 4 nitrogen and oxygen atoms in total. The first-order valence-corrected chi connectivity index (χ1v) is 9.90. The highest BCUT2D eigenvalue weighted by molar-refractivity contribution is 6.02. The van der Waals surface area contributed by atoms with Crippen LogP contribution in [0.15, 0.2) is 83.4 Å². The minimum atomic E-state index is 0.833. The fourth-order valence-corrected chi connectivity index (χ4v) is 4.01. The number of hydrogen-bond acceptors (Lipinski definition) is 4. The highest BCUT2D eigenvalue weighted by Crippen LogP contribution is 2.50. The van der Waals surface area contributed by atoms with E-state index in [1.54, 1.807) is 0 Å². The molecule has 0 N–H and O–H groups in total. The summed E-state index contributed by atoms with van der Waals surface area (Å²) in [6, 6.07) is 27.3. The van der Waals surface area contributed by atoms with E-state index in [0.29, 0.717) is 0 Å². The van der Waals surface area contributed by atoms with Crippen LogP contribution in [0.4, 0.5) is 11.4 Å². The smallest absolute Gasteiger partial charge is 0.177 e. The Balaban J connectivity index is 1.79. The Hall–Kier alpha value is -3.37. The van der Waals surface area contributed by atoms with Gasteiger partial charge in [-0.15, -0.1) is 0 Å². The fraction of sp³-hybridized carbons (Fsp3) is 0.160. The van der Waals surface area contributed by atoms with Crippen LogP contribution in [0.25, 0.3) is 33.7 Å². The summed E-state index contributed by atoms with van der Waals surface area (Å²) in [5, 5.41) is 4.50. The largest absolute Gasteiger partial charge is 0.355 e. The van der Waals surface area contributed by atoms with Gasteiger partial charge in [0.05, 0.1) is 11.3 Å². The molecule has 4 aromatic rings. The maximum atomic E-state index is 5.99. The van der Waals surface area contributed by atoms with Gasteiger partial charge in [0.2, 0.25) is 0 Å². The number of aromatic nitrogens is 1. The second-order valence-corrected chi connectivity index (χ2v) is 7.59. The molecule has 4 heteroatoms. The van der Waals surface area contributed by atoms with E-state index in [2.05, 4.69) is 89.7 Å². The average Bonchev–Trinajstić information content (AvgIpc) is 3.15. The summed E-state index contributed by atoms with van der Waals surface area (Å²) < 4.78 is 5.99. The monoisotopic (exact) mass is 381 g/mol. The van der Waals surface area contributed by atoms with Gasteiger partial charge in [-0.2, -0.15) is 0 Å². The summed E-state index contributed by atoms with van der Waals surface area (Å²) in [6.07, 6.45) is 0. The van der Waals surface area contributed by atoms with Crippen molar-refractivity contribution < 1.29 is 4.52 Å². The molecule has 3 aromatic carbocycles. The third-order valence-electron chi connectivity index (χ3n) is 5.41. The van der Waals surface area contributed by atoms with Crippen LogP contribution in [0.3, 0.4) is 0 Å². The first kappa shape index (κ1) is 17.7. The molecule has 0 atom stereocenters. The van der Waals surface area contributed by atoms with Gasteiger partial charge >= 0.3 is 0 Å². The molecule has 0 fully saturated rings. The van der Waals surface area contributed by atoms with Crippen molar-refractivity contribution in [1.82, 2.24) is 10.1 Å². The highest BCUT2D eigenvalue weighted by Gasteiger charge is 2.30. The number of para-hydroxylation sites is 2. The molecule has 0 amide bonds. The van der Waals surface area contributed by atoms with Gasteiger partial charge in [-0.1, -0.05) is 65.8 Å². The molecule has 0 saturated heterocycles. The number of nitrogens with zero attached hydrogens (tertiary/aromatic N) is 3. The van der Waals surface area contributed by atoms with E-state index >= 15 is 0 Å². The number of anilines is 2. The van der Waals surface area contributed by atoms with Gasteiger partial charge < -0.3 is 14.3 Å². The number of rotatable bonds is 4. The Bertz CT molecular complexity index is 1150. The van der Waals surface area contributed by atoms with Crippen molar-refractivity contribution in [3.05, 3.63) is 78.9 Å². The molecular formula is C25H23N3O. The lowest BCUT2D eigenvalue weighted by Crippen LogP contribution is -2.28. The molecular weight excluding hydrogens is 358 g/mol. The van der Waals surface area contributed by atoms with Crippen molar-refractivity contribution in [2.75, 3.05) is 32.1 Å². The lowest BCUT2D eigenvalue weighted by atomic mass is 9.96. The van der Waals surface area contributed by atoms with Crippen LogP contribution in [-0.2, 0) is 0 Å². The van der Waals surface area contributed by atoms with Crippen LogP contribution in [0.1, 0.15) is 0 Å². The van der Waals surface area contributed by atoms with Crippen molar-refractivity contribution in [1.29, 1.82) is 0 Å². The van der Waals surface area contributed by atoms with Gasteiger partial charge in [-0.3, -0.25) is 0 Å². The Labute approximate surface area is 171 Å². The van der Waals surface area contributed by atoms with Crippen LogP contribution in [0.5, 0.6) is 0 Å². The Morgan fingerprint density at radius 1 is 0.793 bits per heavy atom. The minimum absolute atomic E-state index is 0.833. The van der Waals surface area contributed by atoms with E-state index in [1.807, 2.05) is 18.2 Å². The Morgan fingerprint density at radius 3 is 2.14 bits per heavy atom. The summed E-state index contributed by atoms with van der Waals surface area (Å²) in [4.78, 5) is 4.61. The molecule has 29 heavy (non-hydrogen) atoms. The van der Waals surface area contributed by atoms with Crippen LogP contribution in [0.2, 0.25) is 0 Å². The lowest BCUT2D eigenvalue weighted by molar-refractivity contribution is 0.418. The molecule has 0 spiro atoms. The van der Waals surface area contributed by atoms with Crippen molar-refractivity contribution in [2.45, 2.75) is 0 Å². The zero-order chi connectivity index (χ0) is 19.8. The van der Waals surface area contributed by atoms with E-state index < -0.39 is 0 Å². The number of hydrogen-bond donors (Lipinski definition) is 0. The fourth-order valence-electron chi connectivity index (χ4n) is 4.01. The maximum Gasteiger partial charge on any atom is 0.177 e. The second kappa shape index (κ2) is 7.22. The molecule has 0 aliphatic carbocycles. The summed E-state index contributed by atoms with van der Waals surface area (Å²) in [5.74, 6) is 0.833. The maximum absolute atomic E-state index is 5.99. The third-order valence-corrected chi connectivity index (χ3v) is 5.41. The van der Waals surface area contributed by atoms with Crippen molar-refractivity contribution in [3.63, 3.8) is 0 Å². The summed E-state index contributed by atoms with van der Waals surface area (Å²) >= 11 is 0. The van der Waals surface area contributed by atoms with Gasteiger partial charge in [-0.25, -0.2) is 0 Å². The predicted octanol–water partition coefficient (Wildman–Crippen LogP) is 5.69. The molecule has 2 heterocycles. The molecule has 144 valence electrons.